The van der Waals surface area contributed by atoms with Gasteiger partial charge in [-0.2, -0.15) is 0 Å². The van der Waals surface area contributed by atoms with Gasteiger partial charge in [0.25, 0.3) is 0 Å². The summed E-state index contributed by atoms with van der Waals surface area (Å²) in [6, 6.07) is 0. The first-order valence-electron chi connectivity index (χ1n) is 4.77. The lowest BCUT2D eigenvalue weighted by Crippen LogP contribution is -2.49. The molecule has 1 saturated heterocycles. The van der Waals surface area contributed by atoms with Crippen molar-refractivity contribution in [2.45, 2.75) is 32.2 Å². The predicted molar refractivity (Wildman–Crippen MR) is 50.5 cm³/mol. The van der Waals surface area contributed by atoms with E-state index >= 15 is 0 Å². The Kier molecular flexibility index (Phi) is 3.20. The Morgan fingerprint density at radius 3 is 2.15 bits per heavy atom. The van der Waals surface area contributed by atoms with Gasteiger partial charge in [-0.3, -0.25) is 4.90 Å². The molecule has 0 saturated carbocycles. The second-order valence-electron chi connectivity index (χ2n) is 4.23. The highest BCUT2D eigenvalue weighted by Crippen LogP contribution is 2.21. The molecule has 1 fully saturated rings. The summed E-state index contributed by atoms with van der Waals surface area (Å²) < 4.78 is 0. The van der Waals surface area contributed by atoms with Crippen LogP contribution in [-0.2, 0) is 9.59 Å². The van der Waals surface area contributed by atoms with Crippen molar-refractivity contribution in [3.05, 3.63) is 0 Å². The van der Waals surface area contributed by atoms with Gasteiger partial charge in [0.05, 0.1) is 5.54 Å². The Balaban J connectivity index is 2.49. The number of likely N-dealkylation sites (tertiary alicyclic amines) is 1. The zero-order valence-electron chi connectivity index (χ0n) is 8.32. The van der Waals surface area contributed by atoms with Crippen LogP contribution in [0.15, 0.2) is 0 Å². The van der Waals surface area contributed by atoms with E-state index in [2.05, 4.69) is 4.90 Å². The molecule has 1 rings (SSSR count). The normalized spacial score (nSPS) is 21.4. The minimum atomic E-state index is -0.367. The van der Waals surface area contributed by atoms with Crippen molar-refractivity contribution in [1.82, 2.24) is 4.90 Å². The first-order valence-corrected chi connectivity index (χ1v) is 4.77. The molecule has 3 nitrogen and oxygen atoms in total. The third-order valence-electron chi connectivity index (χ3n) is 2.84. The topological polar surface area (TPSA) is 37.4 Å². The molecule has 0 bridgehead atoms. The molecule has 0 radical (unpaired) electrons. The SMILES string of the molecule is CC(C)(C=O)N1CCC(C=O)CC1. The van der Waals surface area contributed by atoms with E-state index in [-0.39, 0.29) is 11.5 Å². The highest BCUT2D eigenvalue weighted by molar-refractivity contribution is 5.62. The lowest BCUT2D eigenvalue weighted by atomic mass is 9.94. The smallest absolute Gasteiger partial charge is 0.139 e. The minimum Gasteiger partial charge on any atom is -0.303 e. The lowest BCUT2D eigenvalue weighted by Gasteiger charge is -2.38. The molecule has 0 amide bonds. The van der Waals surface area contributed by atoms with Crippen molar-refractivity contribution in [2.75, 3.05) is 13.1 Å². The molecule has 0 aromatic carbocycles. The predicted octanol–water partition coefficient (Wildman–Crippen LogP) is 0.875. The monoisotopic (exact) mass is 183 g/mol. The van der Waals surface area contributed by atoms with E-state index in [4.69, 9.17) is 0 Å². The Bertz CT molecular complexity index is 193. The maximum Gasteiger partial charge on any atom is 0.139 e. The summed E-state index contributed by atoms with van der Waals surface area (Å²) in [5, 5.41) is 0. The van der Waals surface area contributed by atoms with Gasteiger partial charge < -0.3 is 9.59 Å². The Morgan fingerprint density at radius 1 is 1.23 bits per heavy atom. The van der Waals surface area contributed by atoms with Gasteiger partial charge in [-0.05, 0) is 39.8 Å². The fourth-order valence-electron chi connectivity index (χ4n) is 1.69. The molecule has 0 N–H and O–H groups in total. The van der Waals surface area contributed by atoms with Crippen LogP contribution in [-0.4, -0.2) is 36.1 Å². The van der Waals surface area contributed by atoms with Crippen LogP contribution in [0.5, 0.6) is 0 Å². The standard InChI is InChI=1S/C10H17NO2/c1-10(2,8-13)11-5-3-9(7-12)4-6-11/h7-9H,3-6H2,1-2H3. The first kappa shape index (κ1) is 10.4. The number of carbonyl (C=O) groups excluding carboxylic acids is 2. The van der Waals surface area contributed by atoms with Gasteiger partial charge in [0.1, 0.15) is 12.6 Å². The van der Waals surface area contributed by atoms with E-state index in [0.29, 0.717) is 0 Å². The number of hydrogen-bond donors (Lipinski definition) is 0. The van der Waals surface area contributed by atoms with Gasteiger partial charge in [0.15, 0.2) is 0 Å². The van der Waals surface area contributed by atoms with Crippen LogP contribution in [0.4, 0.5) is 0 Å². The molecule has 0 aromatic rings. The molecular formula is C10H17NO2. The zero-order valence-corrected chi connectivity index (χ0v) is 8.32. The number of nitrogens with zero attached hydrogens (tertiary/aromatic N) is 1. The number of hydrogen-bond acceptors (Lipinski definition) is 3. The van der Waals surface area contributed by atoms with E-state index < -0.39 is 0 Å². The molecule has 0 aliphatic carbocycles. The second-order valence-corrected chi connectivity index (χ2v) is 4.23. The third-order valence-corrected chi connectivity index (χ3v) is 2.84. The molecule has 1 heterocycles. The molecule has 13 heavy (non-hydrogen) atoms. The fourth-order valence-corrected chi connectivity index (χ4v) is 1.69. The Morgan fingerprint density at radius 2 is 1.77 bits per heavy atom. The quantitative estimate of drug-likeness (QED) is 0.609. The van der Waals surface area contributed by atoms with E-state index in [9.17, 15) is 9.59 Å². The second kappa shape index (κ2) is 4.01. The van der Waals surface area contributed by atoms with Gasteiger partial charge >= 0.3 is 0 Å². The van der Waals surface area contributed by atoms with Crippen LogP contribution in [0, 0.1) is 5.92 Å². The first-order chi connectivity index (χ1) is 6.10. The van der Waals surface area contributed by atoms with Crippen LogP contribution in [0.25, 0.3) is 0 Å². The van der Waals surface area contributed by atoms with Crippen molar-refractivity contribution in [3.63, 3.8) is 0 Å². The zero-order chi connectivity index (χ0) is 9.90. The van der Waals surface area contributed by atoms with Crippen molar-refractivity contribution < 1.29 is 9.59 Å². The van der Waals surface area contributed by atoms with Crippen LogP contribution in [0.3, 0.4) is 0 Å². The van der Waals surface area contributed by atoms with Gasteiger partial charge in [0, 0.05) is 5.92 Å². The molecule has 0 atom stereocenters. The molecule has 1 aliphatic rings. The number of aldehydes is 2. The van der Waals surface area contributed by atoms with E-state index in [1.165, 1.54) is 0 Å². The Hall–Kier alpha value is -0.700. The van der Waals surface area contributed by atoms with Crippen molar-refractivity contribution in [1.29, 1.82) is 0 Å². The van der Waals surface area contributed by atoms with E-state index in [0.717, 1.165) is 38.5 Å². The third kappa shape index (κ3) is 2.37. The summed E-state index contributed by atoms with van der Waals surface area (Å²) in [4.78, 5) is 23.4. The summed E-state index contributed by atoms with van der Waals surface area (Å²) >= 11 is 0. The van der Waals surface area contributed by atoms with Gasteiger partial charge in [-0.1, -0.05) is 0 Å². The summed E-state index contributed by atoms with van der Waals surface area (Å²) in [6.45, 7) is 5.55. The van der Waals surface area contributed by atoms with Crippen molar-refractivity contribution in [3.8, 4) is 0 Å². The fraction of sp³-hybridized carbons (Fsp3) is 0.800. The van der Waals surface area contributed by atoms with E-state index in [1.54, 1.807) is 0 Å². The number of piperidine rings is 1. The average molecular weight is 183 g/mol. The summed E-state index contributed by atoms with van der Waals surface area (Å²) in [5.41, 5.74) is -0.367. The van der Waals surface area contributed by atoms with Crippen LogP contribution >= 0.6 is 0 Å². The molecule has 0 unspecified atom stereocenters. The van der Waals surface area contributed by atoms with Gasteiger partial charge in [-0.15, -0.1) is 0 Å². The van der Waals surface area contributed by atoms with Crippen LogP contribution in [0.2, 0.25) is 0 Å². The summed E-state index contributed by atoms with van der Waals surface area (Å²) in [5.74, 6) is 0.207. The van der Waals surface area contributed by atoms with Crippen molar-refractivity contribution in [2.24, 2.45) is 5.92 Å². The lowest BCUT2D eigenvalue weighted by molar-refractivity contribution is -0.118. The van der Waals surface area contributed by atoms with Crippen molar-refractivity contribution >= 4 is 12.6 Å². The highest BCUT2D eigenvalue weighted by Gasteiger charge is 2.29. The summed E-state index contributed by atoms with van der Waals surface area (Å²) in [7, 11) is 0. The highest BCUT2D eigenvalue weighted by atomic mass is 16.1. The Labute approximate surface area is 79.1 Å². The maximum absolute atomic E-state index is 10.8. The molecule has 1 aliphatic heterocycles. The van der Waals surface area contributed by atoms with Crippen LogP contribution < -0.4 is 0 Å². The molecular weight excluding hydrogens is 166 g/mol. The maximum atomic E-state index is 10.8. The number of carbonyl (C=O) groups is 2. The minimum absolute atomic E-state index is 0.207. The van der Waals surface area contributed by atoms with E-state index in [1.807, 2.05) is 13.8 Å². The van der Waals surface area contributed by atoms with Crippen LogP contribution in [0.1, 0.15) is 26.7 Å². The molecule has 74 valence electrons. The average Bonchev–Trinajstić information content (AvgIpc) is 2.18. The molecule has 3 heteroatoms. The van der Waals surface area contributed by atoms with Gasteiger partial charge in [0.2, 0.25) is 0 Å². The van der Waals surface area contributed by atoms with Gasteiger partial charge in [-0.25, -0.2) is 0 Å². The summed E-state index contributed by atoms with van der Waals surface area (Å²) in [6.07, 6.45) is 3.79. The molecule has 0 aromatic heterocycles. The number of rotatable bonds is 3. The largest absolute Gasteiger partial charge is 0.303 e. The molecule has 0 spiro atoms.